The second-order valence-corrected chi connectivity index (χ2v) is 9.05. The second kappa shape index (κ2) is 8.76. The van der Waals surface area contributed by atoms with E-state index in [4.69, 9.17) is 11.6 Å². The van der Waals surface area contributed by atoms with Crippen LogP contribution < -0.4 is 5.32 Å². The summed E-state index contributed by atoms with van der Waals surface area (Å²) in [7, 11) is 0. The number of amides is 1. The summed E-state index contributed by atoms with van der Waals surface area (Å²) in [5.41, 5.74) is 2.04. The van der Waals surface area contributed by atoms with Crippen molar-refractivity contribution >= 4 is 49.8 Å². The fourth-order valence-electron chi connectivity index (χ4n) is 3.90. The zero-order valence-corrected chi connectivity index (χ0v) is 17.8. The van der Waals surface area contributed by atoms with Crippen molar-refractivity contribution < 1.29 is 4.79 Å². The molecule has 1 amide bonds. The van der Waals surface area contributed by atoms with Gasteiger partial charge in [-0.15, -0.1) is 11.3 Å². The van der Waals surface area contributed by atoms with Gasteiger partial charge in [0.1, 0.15) is 5.15 Å². The van der Waals surface area contributed by atoms with Gasteiger partial charge >= 0.3 is 0 Å². The number of aromatic nitrogens is 1. The normalized spacial score (nSPS) is 15.8. The number of carbonyl (C=O) groups is 1. The van der Waals surface area contributed by atoms with E-state index in [-0.39, 0.29) is 5.91 Å². The predicted octanol–water partition coefficient (Wildman–Crippen LogP) is 5.41. The van der Waals surface area contributed by atoms with E-state index in [9.17, 15) is 4.79 Å². The van der Waals surface area contributed by atoms with Crippen LogP contribution in [-0.4, -0.2) is 42.0 Å². The topological polar surface area (TPSA) is 45.2 Å². The van der Waals surface area contributed by atoms with Crippen LogP contribution in [0.3, 0.4) is 0 Å². The predicted molar refractivity (Wildman–Crippen MR) is 119 cm³/mol. The summed E-state index contributed by atoms with van der Waals surface area (Å²) in [6.07, 6.45) is 6.30. The van der Waals surface area contributed by atoms with E-state index >= 15 is 0 Å². The molecule has 28 heavy (non-hydrogen) atoms. The first-order valence-corrected chi connectivity index (χ1v) is 11.3. The summed E-state index contributed by atoms with van der Waals surface area (Å²) in [6, 6.07) is 8.00. The number of hydrogen-bond donors (Lipinski definition) is 1. The smallest absolute Gasteiger partial charge is 0.261 e. The van der Waals surface area contributed by atoms with Crippen LogP contribution in [0.25, 0.3) is 21.0 Å². The molecule has 0 aliphatic carbocycles. The van der Waals surface area contributed by atoms with E-state index in [1.54, 1.807) is 0 Å². The number of benzene rings is 1. The van der Waals surface area contributed by atoms with Crippen molar-refractivity contribution in [2.24, 2.45) is 0 Å². The molecule has 148 valence electrons. The standard InChI is InChI=1S/C22H26ClN3OS/c1-15-7-8-18-16(13-15)20-17(21(23)25-18)14-19(28-20)22(27)24-9-6-12-26-10-4-2-3-5-11-26/h7-8,13-14H,2-6,9-12H2,1H3,(H,24,27). The van der Waals surface area contributed by atoms with Crippen LogP contribution in [0.4, 0.5) is 0 Å². The number of thiophene rings is 1. The Labute approximate surface area is 174 Å². The van der Waals surface area contributed by atoms with E-state index in [1.807, 2.05) is 18.2 Å². The van der Waals surface area contributed by atoms with E-state index in [1.165, 1.54) is 55.7 Å². The van der Waals surface area contributed by atoms with Gasteiger partial charge in [0.2, 0.25) is 0 Å². The maximum atomic E-state index is 12.7. The van der Waals surface area contributed by atoms with E-state index < -0.39 is 0 Å². The van der Waals surface area contributed by atoms with Gasteiger partial charge in [0.25, 0.3) is 5.91 Å². The van der Waals surface area contributed by atoms with Crippen molar-refractivity contribution in [2.45, 2.75) is 39.0 Å². The molecule has 0 bridgehead atoms. The number of nitrogens with zero attached hydrogens (tertiary/aromatic N) is 2. The average molecular weight is 416 g/mol. The summed E-state index contributed by atoms with van der Waals surface area (Å²) in [4.78, 5) is 20.4. The Kier molecular flexibility index (Phi) is 6.14. The van der Waals surface area contributed by atoms with Gasteiger partial charge in [-0.25, -0.2) is 4.98 Å². The molecule has 1 fully saturated rings. The molecule has 1 N–H and O–H groups in total. The first-order valence-electron chi connectivity index (χ1n) is 10.1. The number of carbonyl (C=O) groups excluding carboxylic acids is 1. The van der Waals surface area contributed by atoms with Gasteiger partial charge in [-0.3, -0.25) is 4.79 Å². The maximum Gasteiger partial charge on any atom is 0.261 e. The van der Waals surface area contributed by atoms with Crippen LogP contribution in [0.5, 0.6) is 0 Å². The fourth-order valence-corrected chi connectivity index (χ4v) is 5.30. The second-order valence-electron chi connectivity index (χ2n) is 7.64. The molecule has 3 aromatic rings. The minimum absolute atomic E-state index is 0.0195. The molecule has 3 heterocycles. The van der Waals surface area contributed by atoms with Gasteiger partial charge in [-0.05, 0) is 64.0 Å². The molecule has 0 spiro atoms. The molecule has 0 saturated carbocycles. The first-order chi connectivity index (χ1) is 13.6. The first kappa shape index (κ1) is 19.6. The van der Waals surface area contributed by atoms with Crippen LogP contribution in [0.1, 0.15) is 47.3 Å². The van der Waals surface area contributed by atoms with Crippen molar-refractivity contribution in [1.82, 2.24) is 15.2 Å². The van der Waals surface area contributed by atoms with Crippen LogP contribution in [0.2, 0.25) is 5.15 Å². The van der Waals surface area contributed by atoms with Gasteiger partial charge in [-0.1, -0.05) is 36.1 Å². The number of aryl methyl sites for hydroxylation is 1. The minimum atomic E-state index is -0.0195. The van der Waals surface area contributed by atoms with E-state index in [0.29, 0.717) is 16.6 Å². The lowest BCUT2D eigenvalue weighted by Gasteiger charge is -2.19. The lowest BCUT2D eigenvalue weighted by atomic mass is 10.1. The number of fused-ring (bicyclic) bond motifs is 3. The highest BCUT2D eigenvalue weighted by molar-refractivity contribution is 7.21. The molecular formula is C22H26ClN3OS. The third-order valence-corrected chi connectivity index (χ3v) is 6.88. The molecule has 6 heteroatoms. The van der Waals surface area contributed by atoms with E-state index in [0.717, 1.165) is 34.0 Å². The molecule has 4 nitrogen and oxygen atoms in total. The highest BCUT2D eigenvalue weighted by Gasteiger charge is 2.16. The molecule has 1 aromatic carbocycles. The monoisotopic (exact) mass is 415 g/mol. The summed E-state index contributed by atoms with van der Waals surface area (Å²) < 4.78 is 1.04. The van der Waals surface area contributed by atoms with Crippen LogP contribution in [0.15, 0.2) is 24.3 Å². The van der Waals surface area contributed by atoms with Crippen molar-refractivity contribution in [2.75, 3.05) is 26.2 Å². The van der Waals surface area contributed by atoms with Crippen molar-refractivity contribution in [3.05, 3.63) is 39.9 Å². The van der Waals surface area contributed by atoms with Crippen LogP contribution >= 0.6 is 22.9 Å². The zero-order chi connectivity index (χ0) is 19.5. The molecule has 0 atom stereocenters. The van der Waals surface area contributed by atoms with Gasteiger partial charge in [-0.2, -0.15) is 0 Å². The Morgan fingerprint density at radius 3 is 2.75 bits per heavy atom. The number of hydrogen-bond acceptors (Lipinski definition) is 4. The summed E-state index contributed by atoms with van der Waals surface area (Å²) in [6.45, 7) is 6.22. The molecular weight excluding hydrogens is 390 g/mol. The Morgan fingerprint density at radius 2 is 1.96 bits per heavy atom. The summed E-state index contributed by atoms with van der Waals surface area (Å²) in [5, 5.41) is 5.46. The molecule has 0 unspecified atom stereocenters. The number of likely N-dealkylation sites (tertiary alicyclic amines) is 1. The Hall–Kier alpha value is -1.69. The highest BCUT2D eigenvalue weighted by atomic mass is 35.5. The SMILES string of the molecule is Cc1ccc2nc(Cl)c3cc(C(=O)NCCCN4CCCCCC4)sc3c2c1. The Morgan fingerprint density at radius 1 is 1.18 bits per heavy atom. The lowest BCUT2D eigenvalue weighted by Crippen LogP contribution is -2.30. The maximum absolute atomic E-state index is 12.7. The third kappa shape index (κ3) is 4.32. The molecule has 1 aliphatic rings. The number of pyridine rings is 1. The molecule has 1 saturated heterocycles. The molecule has 2 aromatic heterocycles. The Balaban J connectivity index is 1.43. The molecule has 0 radical (unpaired) electrons. The van der Waals surface area contributed by atoms with Gasteiger partial charge in [0.05, 0.1) is 10.4 Å². The van der Waals surface area contributed by atoms with Gasteiger partial charge in [0.15, 0.2) is 0 Å². The van der Waals surface area contributed by atoms with Crippen LogP contribution in [-0.2, 0) is 0 Å². The minimum Gasteiger partial charge on any atom is -0.351 e. The number of halogens is 1. The van der Waals surface area contributed by atoms with Gasteiger partial charge < -0.3 is 10.2 Å². The van der Waals surface area contributed by atoms with Crippen molar-refractivity contribution in [3.8, 4) is 0 Å². The highest BCUT2D eigenvalue weighted by Crippen LogP contribution is 2.36. The van der Waals surface area contributed by atoms with Gasteiger partial charge in [0, 0.05) is 22.0 Å². The zero-order valence-electron chi connectivity index (χ0n) is 16.3. The number of rotatable bonds is 5. The quantitative estimate of drug-likeness (QED) is 0.447. The molecule has 4 rings (SSSR count). The van der Waals surface area contributed by atoms with E-state index in [2.05, 4.69) is 28.2 Å². The van der Waals surface area contributed by atoms with Crippen LogP contribution in [0, 0.1) is 6.92 Å². The lowest BCUT2D eigenvalue weighted by molar-refractivity contribution is 0.0956. The Bertz CT molecular complexity index is 992. The largest absolute Gasteiger partial charge is 0.351 e. The summed E-state index contributed by atoms with van der Waals surface area (Å²) in [5.74, 6) is -0.0195. The number of nitrogens with one attached hydrogen (secondary N) is 1. The third-order valence-electron chi connectivity index (χ3n) is 5.43. The van der Waals surface area contributed by atoms with Crippen molar-refractivity contribution in [1.29, 1.82) is 0 Å². The van der Waals surface area contributed by atoms with Crippen molar-refractivity contribution in [3.63, 3.8) is 0 Å². The summed E-state index contributed by atoms with van der Waals surface area (Å²) >= 11 is 7.88. The fraction of sp³-hybridized carbons (Fsp3) is 0.455. The average Bonchev–Trinajstić information content (AvgIpc) is 2.98. The molecule has 1 aliphatic heterocycles.